The van der Waals surface area contributed by atoms with Crippen LogP contribution in [0.5, 0.6) is 0 Å². The van der Waals surface area contributed by atoms with Crippen molar-refractivity contribution < 1.29 is 33.7 Å². The number of nitrogens with one attached hydrogen (secondary N) is 1. The van der Waals surface area contributed by atoms with Crippen LogP contribution >= 0.6 is 0 Å². The molecule has 0 aliphatic heterocycles. The first kappa shape index (κ1) is 14.6. The second-order valence-corrected chi connectivity index (χ2v) is 3.40. The van der Waals surface area contributed by atoms with E-state index in [-0.39, 0.29) is 0 Å². The number of benzene rings is 1. The molecule has 0 aromatic heterocycles. The van der Waals surface area contributed by atoms with Crippen molar-refractivity contribution in [1.29, 1.82) is 0 Å². The third-order valence-corrected chi connectivity index (χ3v) is 1.97. The molecule has 3 N–H and O–H groups in total. The zero-order valence-corrected chi connectivity index (χ0v) is 9.55. The van der Waals surface area contributed by atoms with Crippen LogP contribution in [-0.2, 0) is 14.3 Å². The lowest BCUT2D eigenvalue weighted by molar-refractivity contribution is -0.143. The molecular formula is C11H10FNO6. The molecule has 0 atom stereocenters. The predicted molar refractivity (Wildman–Crippen MR) is 60.4 cm³/mol. The quantitative estimate of drug-likeness (QED) is 0.697. The van der Waals surface area contributed by atoms with Crippen molar-refractivity contribution in [2.45, 2.75) is 0 Å². The molecule has 19 heavy (non-hydrogen) atoms. The van der Waals surface area contributed by atoms with Crippen LogP contribution in [-0.4, -0.2) is 41.3 Å². The maximum absolute atomic E-state index is 13.4. The van der Waals surface area contributed by atoms with Gasteiger partial charge in [-0.1, -0.05) is 6.07 Å². The summed E-state index contributed by atoms with van der Waals surface area (Å²) < 4.78 is 17.9. The molecule has 1 amide bonds. The van der Waals surface area contributed by atoms with Crippen molar-refractivity contribution in [3.05, 3.63) is 29.6 Å². The lowest BCUT2D eigenvalue weighted by atomic mass is 10.1. The molecule has 102 valence electrons. The molecule has 1 aromatic rings. The Balaban J connectivity index is 2.73. The number of carboxylic acids is 2. The van der Waals surface area contributed by atoms with E-state index in [2.05, 4.69) is 4.74 Å². The monoisotopic (exact) mass is 271 g/mol. The van der Waals surface area contributed by atoms with Crippen LogP contribution in [0.1, 0.15) is 10.4 Å². The zero-order chi connectivity index (χ0) is 14.4. The standard InChI is InChI=1S/C11H10FNO6/c12-7-3-1-2-6(11(17)18)10(7)13-8(14)4-19-5-9(15)16/h1-3H,4-5H2,(H,13,14)(H,15,16)(H,17,18). The molecule has 0 unspecified atom stereocenters. The van der Waals surface area contributed by atoms with Crippen LogP contribution in [0.3, 0.4) is 0 Å². The second kappa shape index (κ2) is 6.45. The minimum absolute atomic E-state index is 0.411. The van der Waals surface area contributed by atoms with E-state index in [1.807, 2.05) is 5.32 Å². The summed E-state index contributed by atoms with van der Waals surface area (Å²) >= 11 is 0. The Morgan fingerprint density at radius 1 is 1.21 bits per heavy atom. The fraction of sp³-hybridized carbons (Fsp3) is 0.182. The number of carboxylic acid groups (broad SMARTS) is 2. The molecule has 7 nitrogen and oxygen atoms in total. The summed E-state index contributed by atoms with van der Waals surface area (Å²) in [5.41, 5.74) is -0.898. The van der Waals surface area contributed by atoms with Crippen molar-refractivity contribution in [2.75, 3.05) is 18.5 Å². The highest BCUT2D eigenvalue weighted by Crippen LogP contribution is 2.19. The van der Waals surface area contributed by atoms with Crippen molar-refractivity contribution in [2.24, 2.45) is 0 Å². The van der Waals surface area contributed by atoms with Crippen LogP contribution in [0.2, 0.25) is 0 Å². The minimum atomic E-state index is -1.40. The number of para-hydroxylation sites is 1. The fourth-order valence-electron chi connectivity index (χ4n) is 1.24. The second-order valence-electron chi connectivity index (χ2n) is 3.40. The van der Waals surface area contributed by atoms with E-state index >= 15 is 0 Å². The van der Waals surface area contributed by atoms with Gasteiger partial charge < -0.3 is 20.3 Å². The molecule has 0 saturated heterocycles. The van der Waals surface area contributed by atoms with Crippen LogP contribution < -0.4 is 5.32 Å². The third kappa shape index (κ3) is 4.36. The minimum Gasteiger partial charge on any atom is -0.480 e. The number of amides is 1. The van der Waals surface area contributed by atoms with Gasteiger partial charge in [-0.05, 0) is 12.1 Å². The Bertz CT molecular complexity index is 516. The van der Waals surface area contributed by atoms with Crippen LogP contribution in [0, 0.1) is 5.82 Å². The molecule has 0 saturated carbocycles. The topological polar surface area (TPSA) is 113 Å². The Morgan fingerprint density at radius 3 is 2.47 bits per heavy atom. The van der Waals surface area contributed by atoms with E-state index in [0.29, 0.717) is 0 Å². The summed E-state index contributed by atoms with van der Waals surface area (Å²) in [6.07, 6.45) is 0. The highest BCUT2D eigenvalue weighted by molar-refractivity contribution is 6.01. The number of halogens is 1. The molecule has 0 radical (unpaired) electrons. The Hall–Kier alpha value is -2.48. The van der Waals surface area contributed by atoms with E-state index in [0.717, 1.165) is 12.1 Å². The van der Waals surface area contributed by atoms with Gasteiger partial charge in [0.05, 0.1) is 11.3 Å². The lowest BCUT2D eigenvalue weighted by Crippen LogP contribution is -2.22. The highest BCUT2D eigenvalue weighted by Gasteiger charge is 2.16. The number of anilines is 1. The molecule has 0 aliphatic rings. The van der Waals surface area contributed by atoms with E-state index < -0.39 is 48.1 Å². The molecule has 8 heteroatoms. The van der Waals surface area contributed by atoms with Crippen LogP contribution in [0.4, 0.5) is 10.1 Å². The predicted octanol–water partition coefficient (Wildman–Crippen LogP) is 0.564. The Labute approximate surface area is 106 Å². The molecule has 0 heterocycles. The van der Waals surface area contributed by atoms with Crippen LogP contribution in [0.15, 0.2) is 18.2 Å². The van der Waals surface area contributed by atoms with E-state index in [4.69, 9.17) is 10.2 Å². The maximum Gasteiger partial charge on any atom is 0.337 e. The highest BCUT2D eigenvalue weighted by atomic mass is 19.1. The summed E-state index contributed by atoms with van der Waals surface area (Å²) in [5.74, 6) is -4.42. The van der Waals surface area contributed by atoms with Gasteiger partial charge in [0.15, 0.2) is 0 Å². The van der Waals surface area contributed by atoms with Gasteiger partial charge in [-0.3, -0.25) is 4.79 Å². The first-order valence-electron chi connectivity index (χ1n) is 5.03. The first-order chi connectivity index (χ1) is 8.91. The van der Waals surface area contributed by atoms with E-state index in [1.54, 1.807) is 0 Å². The van der Waals surface area contributed by atoms with Gasteiger partial charge in [0, 0.05) is 0 Å². The van der Waals surface area contributed by atoms with Crippen molar-refractivity contribution in [3.8, 4) is 0 Å². The van der Waals surface area contributed by atoms with Gasteiger partial charge >= 0.3 is 11.9 Å². The lowest BCUT2D eigenvalue weighted by Gasteiger charge is -2.09. The summed E-state index contributed by atoms with van der Waals surface area (Å²) in [4.78, 5) is 32.3. The molecule has 0 bridgehead atoms. The first-order valence-corrected chi connectivity index (χ1v) is 5.03. The van der Waals surface area contributed by atoms with Gasteiger partial charge in [-0.25, -0.2) is 14.0 Å². The molecule has 1 aromatic carbocycles. The van der Waals surface area contributed by atoms with Crippen LogP contribution in [0.25, 0.3) is 0 Å². The average molecular weight is 271 g/mol. The summed E-state index contributed by atoms with van der Waals surface area (Å²) in [7, 11) is 0. The van der Waals surface area contributed by atoms with E-state index in [9.17, 15) is 18.8 Å². The Kier molecular flexibility index (Phi) is 4.95. The van der Waals surface area contributed by atoms with Gasteiger partial charge in [0.1, 0.15) is 19.0 Å². The number of carbonyl (C=O) groups excluding carboxylic acids is 1. The smallest absolute Gasteiger partial charge is 0.337 e. The number of aliphatic carboxylic acids is 1. The Morgan fingerprint density at radius 2 is 1.89 bits per heavy atom. The number of carbonyl (C=O) groups is 3. The number of hydrogen-bond donors (Lipinski definition) is 3. The summed E-state index contributed by atoms with van der Waals surface area (Å²) in [6, 6.07) is 3.30. The van der Waals surface area contributed by atoms with Gasteiger partial charge in [0.25, 0.3) is 0 Å². The normalized spacial score (nSPS) is 9.95. The summed E-state index contributed by atoms with van der Waals surface area (Å²) in [5, 5.41) is 19.1. The van der Waals surface area contributed by atoms with E-state index in [1.165, 1.54) is 6.07 Å². The SMILES string of the molecule is O=C(O)COCC(=O)Nc1c(F)cccc1C(=O)O. The number of aromatic carboxylic acids is 1. The number of ether oxygens (including phenoxy) is 1. The molecule has 1 rings (SSSR count). The fourth-order valence-corrected chi connectivity index (χ4v) is 1.24. The third-order valence-electron chi connectivity index (χ3n) is 1.97. The molecule has 0 fully saturated rings. The van der Waals surface area contributed by atoms with Crippen molar-refractivity contribution in [3.63, 3.8) is 0 Å². The maximum atomic E-state index is 13.4. The largest absolute Gasteiger partial charge is 0.480 e. The number of rotatable bonds is 6. The molecule has 0 aliphatic carbocycles. The molecular weight excluding hydrogens is 261 g/mol. The van der Waals surface area contributed by atoms with Gasteiger partial charge in [-0.15, -0.1) is 0 Å². The molecule has 0 spiro atoms. The van der Waals surface area contributed by atoms with Crippen molar-refractivity contribution >= 4 is 23.5 Å². The van der Waals surface area contributed by atoms with Gasteiger partial charge in [-0.2, -0.15) is 0 Å². The average Bonchev–Trinajstić information content (AvgIpc) is 2.30. The van der Waals surface area contributed by atoms with Gasteiger partial charge in [0.2, 0.25) is 5.91 Å². The summed E-state index contributed by atoms with van der Waals surface area (Å²) in [6.45, 7) is -1.31. The van der Waals surface area contributed by atoms with Crippen molar-refractivity contribution in [1.82, 2.24) is 0 Å². The number of hydrogen-bond acceptors (Lipinski definition) is 4. The zero-order valence-electron chi connectivity index (χ0n) is 9.55.